The summed E-state index contributed by atoms with van der Waals surface area (Å²) < 4.78 is 5.99. The standard InChI is InChI=1S/C38H35NO3/c1-23(2)27-15-10-12-18-32(27)42-37(41)30-22-26-21-25(24-13-7-6-8-14-24)19-20-28(26)33(35(30)40)34-29-16-9-11-17-31(29)39-36(34)38(3,4)5/h6-23,39-40H,1-5H3. The molecule has 0 bridgehead atoms. The van der Waals surface area contributed by atoms with Crippen LogP contribution in [0.25, 0.3) is 43.9 Å². The molecule has 0 aliphatic carbocycles. The lowest BCUT2D eigenvalue weighted by atomic mass is 9.84. The molecule has 4 heteroatoms. The fourth-order valence-electron chi connectivity index (χ4n) is 5.78. The van der Waals surface area contributed by atoms with Crippen LogP contribution in [0.4, 0.5) is 0 Å². The van der Waals surface area contributed by atoms with Gasteiger partial charge in [-0.3, -0.25) is 0 Å². The maximum absolute atomic E-state index is 13.9. The van der Waals surface area contributed by atoms with Gasteiger partial charge < -0.3 is 14.8 Å². The topological polar surface area (TPSA) is 62.3 Å². The van der Waals surface area contributed by atoms with Crippen LogP contribution in [0.2, 0.25) is 0 Å². The van der Waals surface area contributed by atoms with E-state index in [1.54, 1.807) is 12.1 Å². The molecule has 0 unspecified atom stereocenters. The molecule has 210 valence electrons. The number of nitrogens with one attached hydrogen (secondary N) is 1. The highest BCUT2D eigenvalue weighted by Crippen LogP contribution is 2.47. The van der Waals surface area contributed by atoms with E-state index in [1.165, 1.54) is 0 Å². The average molecular weight is 554 g/mol. The van der Waals surface area contributed by atoms with Crippen molar-refractivity contribution in [2.24, 2.45) is 0 Å². The number of phenolic OH excluding ortho intramolecular Hbond substituents is 1. The summed E-state index contributed by atoms with van der Waals surface area (Å²) >= 11 is 0. The Hall–Kier alpha value is -4.83. The number of aromatic nitrogens is 1. The lowest BCUT2D eigenvalue weighted by Crippen LogP contribution is -2.14. The molecule has 6 rings (SSSR count). The lowest BCUT2D eigenvalue weighted by molar-refractivity contribution is 0.0730. The molecule has 0 radical (unpaired) electrons. The molecular weight excluding hydrogens is 518 g/mol. The van der Waals surface area contributed by atoms with Crippen LogP contribution in [0.15, 0.2) is 103 Å². The third-order valence-electron chi connectivity index (χ3n) is 7.89. The van der Waals surface area contributed by atoms with Crippen LogP contribution in [0.3, 0.4) is 0 Å². The van der Waals surface area contributed by atoms with Crippen LogP contribution in [0.5, 0.6) is 11.5 Å². The summed E-state index contributed by atoms with van der Waals surface area (Å²) in [5.74, 6) is -0.00827. The van der Waals surface area contributed by atoms with Crippen LogP contribution < -0.4 is 4.74 Å². The molecule has 0 saturated carbocycles. The van der Waals surface area contributed by atoms with Crippen molar-refractivity contribution in [1.82, 2.24) is 4.98 Å². The minimum atomic E-state index is -0.592. The van der Waals surface area contributed by atoms with Crippen molar-refractivity contribution >= 4 is 27.6 Å². The van der Waals surface area contributed by atoms with Gasteiger partial charge in [-0.05, 0) is 57.6 Å². The molecule has 0 atom stereocenters. The number of ether oxygens (including phenoxy) is 1. The van der Waals surface area contributed by atoms with Gasteiger partial charge in [-0.1, -0.05) is 113 Å². The van der Waals surface area contributed by atoms with Gasteiger partial charge in [0.1, 0.15) is 17.1 Å². The summed E-state index contributed by atoms with van der Waals surface area (Å²) in [5, 5.41) is 14.7. The number of benzene rings is 5. The summed E-state index contributed by atoms with van der Waals surface area (Å²) in [4.78, 5) is 17.5. The molecule has 0 fully saturated rings. The van der Waals surface area contributed by atoms with Gasteiger partial charge in [-0.2, -0.15) is 0 Å². The SMILES string of the molecule is CC(C)c1ccccc1OC(=O)c1cc2cc(-c3ccccc3)ccc2c(-c2c(C(C)(C)C)[nH]c3ccccc23)c1O. The minimum Gasteiger partial charge on any atom is -0.506 e. The Bertz CT molecular complexity index is 1940. The molecule has 0 aliphatic heterocycles. The number of H-pyrrole nitrogens is 1. The lowest BCUT2D eigenvalue weighted by Gasteiger charge is -2.22. The van der Waals surface area contributed by atoms with Crippen molar-refractivity contribution in [2.75, 3.05) is 0 Å². The van der Waals surface area contributed by atoms with Crippen molar-refractivity contribution in [1.29, 1.82) is 0 Å². The molecule has 0 aliphatic rings. The molecule has 0 spiro atoms. The Balaban J connectivity index is 1.64. The molecule has 1 aromatic heterocycles. The van der Waals surface area contributed by atoms with Gasteiger partial charge in [0, 0.05) is 33.1 Å². The van der Waals surface area contributed by atoms with Gasteiger partial charge in [0.05, 0.1) is 0 Å². The van der Waals surface area contributed by atoms with E-state index >= 15 is 0 Å². The summed E-state index contributed by atoms with van der Waals surface area (Å²) in [6.07, 6.45) is 0. The number of esters is 1. The maximum atomic E-state index is 13.9. The highest BCUT2D eigenvalue weighted by molar-refractivity contribution is 6.13. The van der Waals surface area contributed by atoms with E-state index in [-0.39, 0.29) is 22.6 Å². The molecule has 4 nitrogen and oxygen atoms in total. The normalized spacial score (nSPS) is 11.9. The second-order valence-corrected chi connectivity index (χ2v) is 12.2. The van der Waals surface area contributed by atoms with Crippen LogP contribution in [-0.2, 0) is 5.41 Å². The molecule has 1 heterocycles. The molecule has 6 aromatic rings. The van der Waals surface area contributed by atoms with Gasteiger partial charge in [0.2, 0.25) is 0 Å². The third-order valence-corrected chi connectivity index (χ3v) is 7.89. The first-order valence-electron chi connectivity index (χ1n) is 14.4. The first-order chi connectivity index (χ1) is 20.1. The first-order valence-corrected chi connectivity index (χ1v) is 14.4. The number of aromatic hydroxyl groups is 1. The van der Waals surface area contributed by atoms with Crippen LogP contribution in [-0.4, -0.2) is 16.1 Å². The number of para-hydroxylation sites is 2. The molecule has 0 saturated heterocycles. The van der Waals surface area contributed by atoms with E-state index < -0.39 is 5.97 Å². The van der Waals surface area contributed by atoms with Gasteiger partial charge in [-0.15, -0.1) is 0 Å². The number of fused-ring (bicyclic) bond motifs is 2. The monoisotopic (exact) mass is 553 g/mol. The predicted octanol–water partition coefficient (Wildman–Crippen LogP) is 10.0. The van der Waals surface area contributed by atoms with Crippen LogP contribution in [0, 0.1) is 0 Å². The average Bonchev–Trinajstić information content (AvgIpc) is 3.37. The minimum absolute atomic E-state index is 0.0859. The number of hydrogen-bond donors (Lipinski definition) is 2. The maximum Gasteiger partial charge on any atom is 0.347 e. The summed E-state index contributed by atoms with van der Waals surface area (Å²) in [7, 11) is 0. The van der Waals surface area contributed by atoms with Crippen LogP contribution >= 0.6 is 0 Å². The second kappa shape index (κ2) is 10.5. The van der Waals surface area contributed by atoms with E-state index in [0.717, 1.165) is 49.6 Å². The Morgan fingerprint density at radius 1 is 0.762 bits per heavy atom. The third kappa shape index (κ3) is 4.83. The number of carbonyl (C=O) groups excluding carboxylic acids is 1. The zero-order valence-electron chi connectivity index (χ0n) is 24.7. The molecule has 42 heavy (non-hydrogen) atoms. The van der Waals surface area contributed by atoms with Gasteiger partial charge >= 0.3 is 5.97 Å². The molecule has 5 aromatic carbocycles. The number of aromatic amines is 1. The zero-order valence-corrected chi connectivity index (χ0v) is 24.7. The Morgan fingerprint density at radius 2 is 1.45 bits per heavy atom. The van der Waals surface area contributed by atoms with Crippen molar-refractivity contribution in [3.05, 3.63) is 120 Å². The van der Waals surface area contributed by atoms with Gasteiger partial charge in [0.15, 0.2) is 0 Å². The van der Waals surface area contributed by atoms with E-state index in [0.29, 0.717) is 11.3 Å². The molecular formula is C38H35NO3. The molecule has 0 amide bonds. The van der Waals surface area contributed by atoms with Crippen molar-refractivity contribution < 1.29 is 14.6 Å². The fourth-order valence-corrected chi connectivity index (χ4v) is 5.78. The number of rotatable bonds is 5. The smallest absolute Gasteiger partial charge is 0.347 e. The number of hydrogen-bond acceptors (Lipinski definition) is 3. The Kier molecular flexibility index (Phi) is 6.86. The van der Waals surface area contributed by atoms with Crippen LogP contribution in [0.1, 0.15) is 62.2 Å². The van der Waals surface area contributed by atoms with Gasteiger partial charge in [-0.25, -0.2) is 4.79 Å². The zero-order chi connectivity index (χ0) is 29.6. The second-order valence-electron chi connectivity index (χ2n) is 12.2. The van der Waals surface area contributed by atoms with Gasteiger partial charge in [0.25, 0.3) is 0 Å². The summed E-state index contributed by atoms with van der Waals surface area (Å²) in [5.41, 5.74) is 6.39. The van der Waals surface area contributed by atoms with Crippen molar-refractivity contribution in [2.45, 2.75) is 46.0 Å². The van der Waals surface area contributed by atoms with E-state index in [2.05, 4.69) is 69.9 Å². The Labute approximate surface area is 246 Å². The van der Waals surface area contributed by atoms with Crippen molar-refractivity contribution in [3.8, 4) is 33.8 Å². The summed E-state index contributed by atoms with van der Waals surface area (Å²) in [6.45, 7) is 10.6. The first kappa shape index (κ1) is 27.3. The van der Waals surface area contributed by atoms with Crippen molar-refractivity contribution in [3.63, 3.8) is 0 Å². The number of carbonyl (C=O) groups is 1. The van der Waals surface area contributed by atoms with E-state index in [1.807, 2.05) is 60.7 Å². The largest absolute Gasteiger partial charge is 0.506 e. The predicted molar refractivity (Wildman–Crippen MR) is 173 cm³/mol. The quantitative estimate of drug-likeness (QED) is 0.165. The fraction of sp³-hybridized carbons (Fsp3) is 0.184. The summed E-state index contributed by atoms with van der Waals surface area (Å²) in [6, 6.07) is 33.8. The van der Waals surface area contributed by atoms with E-state index in [4.69, 9.17) is 4.74 Å². The highest BCUT2D eigenvalue weighted by Gasteiger charge is 2.29. The Morgan fingerprint density at radius 3 is 2.19 bits per heavy atom. The highest BCUT2D eigenvalue weighted by atomic mass is 16.5. The molecule has 2 N–H and O–H groups in total. The number of phenols is 1. The van der Waals surface area contributed by atoms with E-state index in [9.17, 15) is 9.90 Å².